The van der Waals surface area contributed by atoms with Gasteiger partial charge in [-0.1, -0.05) is 0 Å². The monoisotopic (exact) mass is 296 g/mol. The number of carbonyl (C=O) groups is 1. The molecule has 1 aliphatic carbocycles. The van der Waals surface area contributed by atoms with E-state index in [0.29, 0.717) is 12.4 Å². The lowest BCUT2D eigenvalue weighted by Crippen LogP contribution is -2.45. The third-order valence-electron chi connectivity index (χ3n) is 3.78. The van der Waals surface area contributed by atoms with Gasteiger partial charge in [-0.3, -0.25) is 0 Å². The highest BCUT2D eigenvalue weighted by Crippen LogP contribution is 2.19. The van der Waals surface area contributed by atoms with Gasteiger partial charge in [-0.2, -0.15) is 0 Å². The number of carbonyl (C=O) groups excluding carboxylic acids is 1. The maximum absolute atomic E-state index is 12.1. The van der Waals surface area contributed by atoms with Crippen LogP contribution in [0, 0.1) is 6.92 Å². The van der Waals surface area contributed by atoms with Gasteiger partial charge in [0.05, 0.1) is 12.7 Å². The smallest absolute Gasteiger partial charge is 0.315 e. The SMILES string of the molecule is COCC(NC(=O)NC1CCC(O)CC1)c1ccc(C)o1. The van der Waals surface area contributed by atoms with E-state index in [2.05, 4.69) is 10.6 Å². The molecule has 1 heterocycles. The van der Waals surface area contributed by atoms with Gasteiger partial charge in [-0.05, 0) is 44.7 Å². The number of aryl methyl sites for hydroxylation is 1. The number of rotatable bonds is 5. The van der Waals surface area contributed by atoms with Crippen LogP contribution in [-0.2, 0) is 4.74 Å². The van der Waals surface area contributed by atoms with Crippen molar-refractivity contribution < 1.29 is 19.1 Å². The van der Waals surface area contributed by atoms with Gasteiger partial charge in [-0.25, -0.2) is 4.79 Å². The van der Waals surface area contributed by atoms with E-state index in [9.17, 15) is 9.90 Å². The molecule has 0 spiro atoms. The molecule has 1 aromatic rings. The van der Waals surface area contributed by atoms with Crippen LogP contribution < -0.4 is 10.6 Å². The Hall–Kier alpha value is -1.53. The van der Waals surface area contributed by atoms with Gasteiger partial charge in [0.25, 0.3) is 0 Å². The van der Waals surface area contributed by atoms with Gasteiger partial charge in [0.15, 0.2) is 0 Å². The second-order valence-electron chi connectivity index (χ2n) is 5.58. The molecule has 0 saturated heterocycles. The Morgan fingerprint density at radius 1 is 1.43 bits per heavy atom. The summed E-state index contributed by atoms with van der Waals surface area (Å²) in [4.78, 5) is 12.1. The summed E-state index contributed by atoms with van der Waals surface area (Å²) in [6.07, 6.45) is 2.87. The van der Waals surface area contributed by atoms with Crippen molar-refractivity contribution in [1.29, 1.82) is 0 Å². The number of amides is 2. The fraction of sp³-hybridized carbons (Fsp3) is 0.667. The molecule has 0 radical (unpaired) electrons. The maximum Gasteiger partial charge on any atom is 0.315 e. The Kier molecular flexibility index (Phi) is 5.64. The molecule has 118 valence electrons. The predicted molar refractivity (Wildman–Crippen MR) is 78.0 cm³/mol. The van der Waals surface area contributed by atoms with Crippen LogP contribution in [0.5, 0.6) is 0 Å². The molecule has 0 bridgehead atoms. The number of hydrogen-bond donors (Lipinski definition) is 3. The molecular formula is C15H24N2O4. The van der Waals surface area contributed by atoms with E-state index >= 15 is 0 Å². The highest BCUT2D eigenvalue weighted by Gasteiger charge is 2.23. The van der Waals surface area contributed by atoms with Crippen LogP contribution in [0.3, 0.4) is 0 Å². The van der Waals surface area contributed by atoms with Crippen LogP contribution in [0.1, 0.15) is 43.2 Å². The van der Waals surface area contributed by atoms with Crippen LogP contribution in [0.4, 0.5) is 4.79 Å². The molecule has 1 unspecified atom stereocenters. The minimum absolute atomic E-state index is 0.120. The van der Waals surface area contributed by atoms with Crippen LogP contribution in [0.15, 0.2) is 16.5 Å². The zero-order chi connectivity index (χ0) is 15.2. The number of ether oxygens (including phenoxy) is 1. The molecule has 6 heteroatoms. The van der Waals surface area contributed by atoms with E-state index in [4.69, 9.17) is 9.15 Å². The Balaban J connectivity index is 1.86. The minimum atomic E-state index is -0.308. The Bertz CT molecular complexity index is 452. The van der Waals surface area contributed by atoms with E-state index in [1.54, 1.807) is 7.11 Å². The van der Waals surface area contributed by atoms with Crippen LogP contribution in [-0.4, -0.2) is 37.0 Å². The van der Waals surface area contributed by atoms with Gasteiger partial charge >= 0.3 is 6.03 Å². The molecule has 2 rings (SSSR count). The maximum atomic E-state index is 12.1. The average Bonchev–Trinajstić information content (AvgIpc) is 2.87. The summed E-state index contributed by atoms with van der Waals surface area (Å²) in [5, 5.41) is 15.3. The minimum Gasteiger partial charge on any atom is -0.464 e. The number of methoxy groups -OCH3 is 1. The molecule has 1 aromatic heterocycles. The second kappa shape index (κ2) is 7.47. The number of aliphatic hydroxyl groups is 1. The molecule has 0 aromatic carbocycles. The van der Waals surface area contributed by atoms with Crippen LogP contribution in [0.2, 0.25) is 0 Å². The van der Waals surface area contributed by atoms with Crippen molar-refractivity contribution in [3.63, 3.8) is 0 Å². The summed E-state index contributed by atoms with van der Waals surface area (Å²) >= 11 is 0. The summed E-state index contributed by atoms with van der Waals surface area (Å²) in [6, 6.07) is 3.29. The predicted octanol–water partition coefficient (Wildman–Crippen LogP) is 1.88. The third kappa shape index (κ3) is 4.75. The number of aliphatic hydroxyl groups excluding tert-OH is 1. The first kappa shape index (κ1) is 15.9. The quantitative estimate of drug-likeness (QED) is 0.774. The normalized spacial score (nSPS) is 23.6. The lowest BCUT2D eigenvalue weighted by molar-refractivity contribution is 0.116. The van der Waals surface area contributed by atoms with Gasteiger partial charge in [-0.15, -0.1) is 0 Å². The molecule has 1 aliphatic rings. The van der Waals surface area contributed by atoms with Crippen molar-refractivity contribution >= 4 is 6.03 Å². The summed E-state index contributed by atoms with van der Waals surface area (Å²) < 4.78 is 10.7. The number of urea groups is 1. The summed E-state index contributed by atoms with van der Waals surface area (Å²) in [7, 11) is 1.59. The summed E-state index contributed by atoms with van der Waals surface area (Å²) in [5.41, 5.74) is 0. The topological polar surface area (TPSA) is 83.7 Å². The molecule has 6 nitrogen and oxygen atoms in total. The Labute approximate surface area is 124 Å². The first-order valence-corrected chi connectivity index (χ1v) is 7.39. The highest BCUT2D eigenvalue weighted by atomic mass is 16.5. The second-order valence-corrected chi connectivity index (χ2v) is 5.58. The average molecular weight is 296 g/mol. The van der Waals surface area contributed by atoms with Crippen molar-refractivity contribution in [3.05, 3.63) is 23.7 Å². The van der Waals surface area contributed by atoms with E-state index in [-0.39, 0.29) is 24.2 Å². The molecule has 1 atom stereocenters. The van der Waals surface area contributed by atoms with Crippen molar-refractivity contribution in [2.75, 3.05) is 13.7 Å². The third-order valence-corrected chi connectivity index (χ3v) is 3.78. The molecule has 0 aliphatic heterocycles. The Morgan fingerprint density at radius 3 is 2.71 bits per heavy atom. The summed E-state index contributed by atoms with van der Waals surface area (Å²) in [5.74, 6) is 1.48. The summed E-state index contributed by atoms with van der Waals surface area (Å²) in [6.45, 7) is 2.21. The van der Waals surface area contributed by atoms with Crippen LogP contribution in [0.25, 0.3) is 0 Å². The molecule has 2 amide bonds. The molecular weight excluding hydrogens is 272 g/mol. The van der Waals surface area contributed by atoms with Gasteiger partial charge in [0.1, 0.15) is 17.6 Å². The van der Waals surface area contributed by atoms with Crippen molar-refractivity contribution in [2.24, 2.45) is 0 Å². The lowest BCUT2D eigenvalue weighted by atomic mass is 9.93. The molecule has 1 saturated carbocycles. The molecule has 1 fully saturated rings. The number of nitrogens with one attached hydrogen (secondary N) is 2. The standard InChI is InChI=1S/C15H24N2O4/c1-10-3-8-14(21-10)13(9-20-2)17-15(19)16-11-4-6-12(18)7-5-11/h3,8,11-13,18H,4-7,9H2,1-2H3,(H2,16,17,19). The first-order valence-electron chi connectivity index (χ1n) is 7.39. The van der Waals surface area contributed by atoms with Crippen LogP contribution >= 0.6 is 0 Å². The fourth-order valence-corrected chi connectivity index (χ4v) is 2.61. The first-order chi connectivity index (χ1) is 10.1. The van der Waals surface area contributed by atoms with Crippen molar-refractivity contribution in [3.8, 4) is 0 Å². The van der Waals surface area contributed by atoms with E-state index in [0.717, 1.165) is 31.4 Å². The highest BCUT2D eigenvalue weighted by molar-refractivity contribution is 5.74. The number of furan rings is 1. The lowest BCUT2D eigenvalue weighted by Gasteiger charge is -2.27. The molecule has 3 N–H and O–H groups in total. The zero-order valence-corrected chi connectivity index (χ0v) is 12.6. The Morgan fingerprint density at radius 2 is 2.14 bits per heavy atom. The van der Waals surface area contributed by atoms with Crippen molar-refractivity contribution in [1.82, 2.24) is 10.6 Å². The van der Waals surface area contributed by atoms with E-state index < -0.39 is 0 Å². The van der Waals surface area contributed by atoms with Gasteiger partial charge < -0.3 is 24.9 Å². The van der Waals surface area contributed by atoms with Gasteiger partial charge in [0.2, 0.25) is 0 Å². The largest absolute Gasteiger partial charge is 0.464 e. The van der Waals surface area contributed by atoms with E-state index in [1.807, 2.05) is 19.1 Å². The fourth-order valence-electron chi connectivity index (χ4n) is 2.61. The zero-order valence-electron chi connectivity index (χ0n) is 12.6. The van der Waals surface area contributed by atoms with Crippen molar-refractivity contribution in [2.45, 2.75) is 50.8 Å². The van der Waals surface area contributed by atoms with Gasteiger partial charge in [0, 0.05) is 13.2 Å². The number of hydrogen-bond acceptors (Lipinski definition) is 4. The molecule has 21 heavy (non-hydrogen) atoms. The van der Waals surface area contributed by atoms with E-state index in [1.165, 1.54) is 0 Å².